The summed E-state index contributed by atoms with van der Waals surface area (Å²) in [5.41, 5.74) is 1.16. The minimum atomic E-state index is 0.193. The minimum absolute atomic E-state index is 0.193. The summed E-state index contributed by atoms with van der Waals surface area (Å²) in [6.45, 7) is 9.36. The van der Waals surface area contributed by atoms with Crippen LogP contribution >= 0.6 is 0 Å². The zero-order valence-electron chi connectivity index (χ0n) is 14.8. The van der Waals surface area contributed by atoms with E-state index in [1.54, 1.807) is 0 Å². The van der Waals surface area contributed by atoms with E-state index in [4.69, 9.17) is 4.74 Å². The van der Waals surface area contributed by atoms with E-state index >= 15 is 0 Å². The van der Waals surface area contributed by atoms with Crippen LogP contribution in [0.2, 0.25) is 0 Å². The van der Waals surface area contributed by atoms with Crippen LogP contribution in [0.15, 0.2) is 53.8 Å². The fourth-order valence-corrected chi connectivity index (χ4v) is 2.28. The highest BCUT2D eigenvalue weighted by Crippen LogP contribution is 2.14. The summed E-state index contributed by atoms with van der Waals surface area (Å²) >= 11 is 0. The maximum Gasteiger partial charge on any atom is 0.191 e. The Kier molecular flexibility index (Phi) is 7.21. The topological polar surface area (TPSA) is 50.6 Å². The average molecular weight is 328 g/mol. The quantitative estimate of drug-likeness (QED) is 0.578. The Labute approximate surface area is 144 Å². The molecular formula is C19H28N4O. The number of guanidine groups is 1. The fourth-order valence-electron chi connectivity index (χ4n) is 2.28. The fraction of sp³-hybridized carbons (Fsp3) is 0.421. The first-order valence-corrected chi connectivity index (χ1v) is 8.56. The molecule has 1 aromatic carbocycles. The van der Waals surface area contributed by atoms with Gasteiger partial charge in [-0.2, -0.15) is 0 Å². The van der Waals surface area contributed by atoms with Crippen LogP contribution in [-0.2, 0) is 13.1 Å². The molecule has 0 spiro atoms. The molecule has 5 nitrogen and oxygen atoms in total. The van der Waals surface area contributed by atoms with Crippen LogP contribution in [-0.4, -0.2) is 29.7 Å². The van der Waals surface area contributed by atoms with Crippen LogP contribution in [0, 0.1) is 0 Å². The second kappa shape index (κ2) is 9.65. The Morgan fingerprint density at radius 2 is 1.83 bits per heavy atom. The van der Waals surface area contributed by atoms with Gasteiger partial charge in [0.15, 0.2) is 5.96 Å². The molecule has 0 fully saturated rings. The molecule has 0 saturated carbocycles. The average Bonchev–Trinajstić information content (AvgIpc) is 3.07. The van der Waals surface area contributed by atoms with Crippen molar-refractivity contribution in [1.29, 1.82) is 0 Å². The van der Waals surface area contributed by atoms with Gasteiger partial charge < -0.3 is 19.9 Å². The molecule has 0 aliphatic carbocycles. The SMILES string of the molecule is CCNC(=NCc1ccc(OC(C)C)cc1)NCCn1cccc1. The molecule has 0 saturated heterocycles. The number of nitrogens with one attached hydrogen (secondary N) is 2. The van der Waals surface area contributed by atoms with Gasteiger partial charge in [0.25, 0.3) is 0 Å². The van der Waals surface area contributed by atoms with Gasteiger partial charge in [-0.05, 0) is 50.6 Å². The van der Waals surface area contributed by atoms with Gasteiger partial charge in [-0.1, -0.05) is 12.1 Å². The standard InChI is InChI=1S/C19H28N4O/c1-4-20-19(21-11-14-23-12-5-6-13-23)22-15-17-7-9-18(10-8-17)24-16(2)3/h5-10,12-13,16H,4,11,14-15H2,1-3H3,(H2,20,21,22). The first-order chi connectivity index (χ1) is 11.7. The molecule has 0 aliphatic rings. The van der Waals surface area contributed by atoms with E-state index < -0.39 is 0 Å². The van der Waals surface area contributed by atoms with E-state index in [1.165, 1.54) is 0 Å². The lowest BCUT2D eigenvalue weighted by Gasteiger charge is -2.12. The lowest BCUT2D eigenvalue weighted by atomic mass is 10.2. The van der Waals surface area contributed by atoms with Crippen molar-refractivity contribution in [2.24, 2.45) is 4.99 Å². The molecule has 5 heteroatoms. The van der Waals surface area contributed by atoms with Crippen molar-refractivity contribution < 1.29 is 4.74 Å². The van der Waals surface area contributed by atoms with Gasteiger partial charge in [-0.25, -0.2) is 4.99 Å². The Balaban J connectivity index is 1.85. The molecule has 0 radical (unpaired) electrons. The van der Waals surface area contributed by atoms with E-state index in [-0.39, 0.29) is 6.10 Å². The van der Waals surface area contributed by atoms with Gasteiger partial charge >= 0.3 is 0 Å². The number of rotatable bonds is 8. The number of aliphatic imine (C=N–C) groups is 1. The van der Waals surface area contributed by atoms with Gasteiger partial charge in [0.05, 0.1) is 12.6 Å². The maximum absolute atomic E-state index is 5.66. The lowest BCUT2D eigenvalue weighted by molar-refractivity contribution is 0.242. The van der Waals surface area contributed by atoms with E-state index in [9.17, 15) is 0 Å². The molecule has 1 aromatic heterocycles. The Morgan fingerprint density at radius 3 is 2.46 bits per heavy atom. The third-order valence-electron chi connectivity index (χ3n) is 3.39. The molecule has 0 bridgehead atoms. The first-order valence-electron chi connectivity index (χ1n) is 8.56. The lowest BCUT2D eigenvalue weighted by Crippen LogP contribution is -2.38. The smallest absolute Gasteiger partial charge is 0.191 e. The van der Waals surface area contributed by atoms with E-state index in [0.29, 0.717) is 6.54 Å². The Morgan fingerprint density at radius 1 is 1.12 bits per heavy atom. The third-order valence-corrected chi connectivity index (χ3v) is 3.39. The maximum atomic E-state index is 5.66. The van der Waals surface area contributed by atoms with Gasteiger partial charge in [-0.3, -0.25) is 0 Å². The highest BCUT2D eigenvalue weighted by atomic mass is 16.5. The summed E-state index contributed by atoms with van der Waals surface area (Å²) in [5, 5.41) is 6.64. The monoisotopic (exact) mass is 328 g/mol. The molecule has 1 heterocycles. The molecular weight excluding hydrogens is 300 g/mol. The summed E-state index contributed by atoms with van der Waals surface area (Å²) in [7, 11) is 0. The van der Waals surface area contributed by atoms with Crippen LogP contribution in [0.1, 0.15) is 26.3 Å². The molecule has 0 atom stereocenters. The zero-order chi connectivity index (χ0) is 17.2. The van der Waals surface area contributed by atoms with Crippen molar-refractivity contribution in [1.82, 2.24) is 15.2 Å². The first kappa shape index (κ1) is 17.9. The molecule has 0 unspecified atom stereocenters. The number of aromatic nitrogens is 1. The van der Waals surface area contributed by atoms with Crippen molar-refractivity contribution in [3.05, 3.63) is 54.4 Å². The number of ether oxygens (including phenoxy) is 1. The highest BCUT2D eigenvalue weighted by Gasteiger charge is 2.00. The predicted octanol–water partition coefficient (Wildman–Crippen LogP) is 3.03. The number of nitrogens with zero attached hydrogens (tertiary/aromatic N) is 2. The Bertz CT molecular complexity index is 603. The van der Waals surface area contributed by atoms with Crippen molar-refractivity contribution in [3.8, 4) is 5.75 Å². The van der Waals surface area contributed by atoms with Crippen molar-refractivity contribution >= 4 is 5.96 Å². The summed E-state index contributed by atoms with van der Waals surface area (Å²) in [4.78, 5) is 4.64. The van der Waals surface area contributed by atoms with Crippen molar-refractivity contribution in [2.45, 2.75) is 40.0 Å². The molecule has 2 N–H and O–H groups in total. The van der Waals surface area contributed by atoms with Crippen LogP contribution < -0.4 is 15.4 Å². The number of hydrogen-bond donors (Lipinski definition) is 2. The van der Waals surface area contributed by atoms with Crippen molar-refractivity contribution in [3.63, 3.8) is 0 Å². The molecule has 24 heavy (non-hydrogen) atoms. The van der Waals surface area contributed by atoms with Gasteiger partial charge in [0, 0.05) is 32.0 Å². The van der Waals surface area contributed by atoms with Gasteiger partial charge in [-0.15, -0.1) is 0 Å². The minimum Gasteiger partial charge on any atom is -0.491 e. The second-order valence-corrected chi connectivity index (χ2v) is 5.85. The van der Waals surface area contributed by atoms with Crippen LogP contribution in [0.3, 0.4) is 0 Å². The molecule has 130 valence electrons. The summed E-state index contributed by atoms with van der Waals surface area (Å²) in [6, 6.07) is 12.2. The normalized spacial score (nSPS) is 11.6. The summed E-state index contributed by atoms with van der Waals surface area (Å²) in [5.74, 6) is 1.74. The Hall–Kier alpha value is -2.43. The van der Waals surface area contributed by atoms with Gasteiger partial charge in [0.1, 0.15) is 5.75 Å². The predicted molar refractivity (Wildman–Crippen MR) is 99.5 cm³/mol. The van der Waals surface area contributed by atoms with E-state index in [0.717, 1.165) is 36.9 Å². The summed E-state index contributed by atoms with van der Waals surface area (Å²) < 4.78 is 7.80. The van der Waals surface area contributed by atoms with Crippen LogP contribution in [0.5, 0.6) is 5.75 Å². The molecule has 2 rings (SSSR count). The van der Waals surface area contributed by atoms with Crippen LogP contribution in [0.4, 0.5) is 0 Å². The largest absolute Gasteiger partial charge is 0.491 e. The number of benzene rings is 1. The second-order valence-electron chi connectivity index (χ2n) is 5.85. The van der Waals surface area contributed by atoms with E-state index in [2.05, 4.69) is 51.6 Å². The van der Waals surface area contributed by atoms with Gasteiger partial charge in [0.2, 0.25) is 0 Å². The van der Waals surface area contributed by atoms with Crippen LogP contribution in [0.25, 0.3) is 0 Å². The molecule has 2 aromatic rings. The molecule has 0 amide bonds. The number of hydrogen-bond acceptors (Lipinski definition) is 2. The zero-order valence-corrected chi connectivity index (χ0v) is 14.8. The summed E-state index contributed by atoms with van der Waals surface area (Å²) in [6.07, 6.45) is 4.32. The van der Waals surface area contributed by atoms with E-state index in [1.807, 2.05) is 38.1 Å². The third kappa shape index (κ3) is 6.36. The van der Waals surface area contributed by atoms with Crippen molar-refractivity contribution in [2.75, 3.05) is 13.1 Å². The molecule has 0 aliphatic heterocycles. The highest BCUT2D eigenvalue weighted by molar-refractivity contribution is 5.79.